The zero-order chi connectivity index (χ0) is 11.3. The van der Waals surface area contributed by atoms with Crippen molar-refractivity contribution in [3.8, 4) is 0 Å². The highest BCUT2D eigenvalue weighted by atomic mass is 16.2. The van der Waals surface area contributed by atoms with Crippen molar-refractivity contribution in [2.24, 2.45) is 0 Å². The Balaban J connectivity index is 2.50. The van der Waals surface area contributed by atoms with E-state index in [9.17, 15) is 9.59 Å². The molecule has 0 N–H and O–H groups in total. The van der Waals surface area contributed by atoms with E-state index in [1.165, 1.54) is 0 Å². The third-order valence-electron chi connectivity index (χ3n) is 2.95. The van der Waals surface area contributed by atoms with Gasteiger partial charge >= 0.3 is 0 Å². The zero-order valence-electron chi connectivity index (χ0n) is 8.49. The minimum atomic E-state index is -0.245. The van der Waals surface area contributed by atoms with Crippen LogP contribution in [0.4, 0.5) is 0 Å². The van der Waals surface area contributed by atoms with Crippen LogP contribution in [-0.2, 0) is 0 Å². The smallest absolute Gasteiger partial charge is 0.197 e. The van der Waals surface area contributed by atoms with Crippen molar-refractivity contribution in [3.63, 3.8) is 0 Å². The van der Waals surface area contributed by atoms with E-state index in [2.05, 4.69) is 6.58 Å². The monoisotopic (exact) mass is 208 g/mol. The predicted molar refractivity (Wildman–Crippen MR) is 61.7 cm³/mol. The Kier molecular flexibility index (Phi) is 1.63. The second kappa shape index (κ2) is 2.89. The van der Waals surface area contributed by atoms with E-state index >= 15 is 0 Å². The molecular formula is C14H8O2. The van der Waals surface area contributed by atoms with Gasteiger partial charge in [0.05, 0.1) is 5.57 Å². The molecule has 2 nitrogen and oxygen atoms in total. The molecule has 0 saturated carbocycles. The quantitative estimate of drug-likeness (QED) is 0.492. The number of carbonyl (C=O) groups is 2. The van der Waals surface area contributed by atoms with Gasteiger partial charge in [0.15, 0.2) is 11.6 Å². The van der Waals surface area contributed by atoms with Gasteiger partial charge in [0.2, 0.25) is 0 Å². The molecule has 76 valence electrons. The third kappa shape index (κ3) is 0.959. The van der Waals surface area contributed by atoms with Crippen LogP contribution in [0, 0.1) is 0 Å². The summed E-state index contributed by atoms with van der Waals surface area (Å²) in [6.45, 7) is 3.54. The van der Waals surface area contributed by atoms with Crippen molar-refractivity contribution >= 4 is 22.3 Å². The van der Waals surface area contributed by atoms with Crippen molar-refractivity contribution < 1.29 is 9.59 Å². The first-order valence-electron chi connectivity index (χ1n) is 5.00. The topological polar surface area (TPSA) is 34.1 Å². The maximum absolute atomic E-state index is 11.9. The van der Waals surface area contributed by atoms with Gasteiger partial charge < -0.3 is 0 Å². The zero-order valence-corrected chi connectivity index (χ0v) is 8.49. The minimum absolute atomic E-state index is 0.0753. The van der Waals surface area contributed by atoms with Crippen molar-refractivity contribution in [2.45, 2.75) is 0 Å². The summed E-state index contributed by atoms with van der Waals surface area (Å²) in [6.07, 6.45) is 0. The van der Waals surface area contributed by atoms with Crippen LogP contribution in [0.2, 0.25) is 0 Å². The van der Waals surface area contributed by atoms with Crippen molar-refractivity contribution in [1.29, 1.82) is 0 Å². The first-order chi connectivity index (χ1) is 7.70. The predicted octanol–water partition coefficient (Wildman–Crippen LogP) is 2.78. The van der Waals surface area contributed by atoms with Gasteiger partial charge in [-0.2, -0.15) is 0 Å². The average Bonchev–Trinajstić information content (AvgIpc) is 2.55. The van der Waals surface area contributed by atoms with Crippen LogP contribution in [0.25, 0.3) is 10.8 Å². The Labute approximate surface area is 92.2 Å². The van der Waals surface area contributed by atoms with Crippen LogP contribution in [0.3, 0.4) is 0 Å². The van der Waals surface area contributed by atoms with Gasteiger partial charge in [0.1, 0.15) is 0 Å². The van der Waals surface area contributed by atoms with E-state index < -0.39 is 0 Å². The van der Waals surface area contributed by atoms with E-state index in [0.29, 0.717) is 11.1 Å². The number of ketones is 2. The molecule has 0 atom stereocenters. The molecule has 2 aromatic carbocycles. The number of fused-ring (bicyclic) bond motifs is 3. The number of allylic oxidation sites excluding steroid dienone is 1. The van der Waals surface area contributed by atoms with Gasteiger partial charge in [-0.3, -0.25) is 9.59 Å². The largest absolute Gasteiger partial charge is 0.288 e. The first kappa shape index (κ1) is 9.04. The number of carbonyl (C=O) groups excluding carboxylic acids is 2. The summed E-state index contributed by atoms with van der Waals surface area (Å²) in [5.41, 5.74) is 1.06. The van der Waals surface area contributed by atoms with Crippen LogP contribution < -0.4 is 0 Å². The van der Waals surface area contributed by atoms with Gasteiger partial charge in [0, 0.05) is 11.1 Å². The highest BCUT2D eigenvalue weighted by Crippen LogP contribution is 2.31. The first-order valence-corrected chi connectivity index (χ1v) is 5.00. The normalized spacial score (nSPS) is 14.6. The van der Waals surface area contributed by atoms with E-state index in [-0.39, 0.29) is 17.1 Å². The van der Waals surface area contributed by atoms with Gasteiger partial charge in [-0.15, -0.1) is 0 Å². The minimum Gasteiger partial charge on any atom is -0.288 e. The van der Waals surface area contributed by atoms with Gasteiger partial charge in [-0.25, -0.2) is 0 Å². The van der Waals surface area contributed by atoms with Crippen LogP contribution in [0.5, 0.6) is 0 Å². The molecule has 0 fully saturated rings. The average molecular weight is 208 g/mol. The molecule has 3 rings (SSSR count). The number of benzene rings is 2. The highest BCUT2D eigenvalue weighted by Gasteiger charge is 2.32. The Bertz CT molecular complexity index is 665. The number of rotatable bonds is 0. The van der Waals surface area contributed by atoms with Crippen molar-refractivity contribution in [1.82, 2.24) is 0 Å². The number of Topliss-reactive ketones (excluding diaryl/α,β-unsaturated/α-hetero) is 2. The molecule has 0 aromatic heterocycles. The molecule has 0 bridgehead atoms. The lowest BCUT2D eigenvalue weighted by molar-refractivity contribution is 0.0990. The molecule has 0 saturated heterocycles. The standard InChI is InChI=1S/C14H8O2/c1-8-13(15)11-7-6-9-4-2-3-5-10(9)12(11)14(8)16/h2-7H,1H2. The number of hydrogen-bond acceptors (Lipinski definition) is 2. The summed E-state index contributed by atoms with van der Waals surface area (Å²) >= 11 is 0. The lowest BCUT2D eigenvalue weighted by Crippen LogP contribution is -1.97. The second-order valence-corrected chi connectivity index (χ2v) is 3.85. The van der Waals surface area contributed by atoms with Crippen molar-refractivity contribution in [3.05, 3.63) is 59.7 Å². The fourth-order valence-electron chi connectivity index (χ4n) is 2.12. The van der Waals surface area contributed by atoms with Gasteiger partial charge in [-0.05, 0) is 16.8 Å². The third-order valence-corrected chi connectivity index (χ3v) is 2.95. The summed E-state index contributed by atoms with van der Waals surface area (Å²) in [5, 5.41) is 1.80. The Morgan fingerprint density at radius 2 is 1.62 bits per heavy atom. The summed E-state index contributed by atoms with van der Waals surface area (Å²) < 4.78 is 0. The van der Waals surface area contributed by atoms with Crippen molar-refractivity contribution in [2.75, 3.05) is 0 Å². The van der Waals surface area contributed by atoms with Crippen LogP contribution >= 0.6 is 0 Å². The molecule has 16 heavy (non-hydrogen) atoms. The number of hydrogen-bond donors (Lipinski definition) is 0. The van der Waals surface area contributed by atoms with Crippen LogP contribution in [-0.4, -0.2) is 11.6 Å². The molecule has 1 aliphatic rings. The second-order valence-electron chi connectivity index (χ2n) is 3.85. The maximum atomic E-state index is 11.9. The van der Waals surface area contributed by atoms with E-state index in [1.807, 2.05) is 30.3 Å². The Morgan fingerprint density at radius 3 is 2.44 bits per heavy atom. The molecule has 1 aliphatic carbocycles. The Morgan fingerprint density at radius 1 is 0.875 bits per heavy atom. The maximum Gasteiger partial charge on any atom is 0.197 e. The molecule has 0 aliphatic heterocycles. The molecule has 0 radical (unpaired) electrons. The molecule has 0 unspecified atom stereocenters. The fourth-order valence-corrected chi connectivity index (χ4v) is 2.12. The summed E-state index contributed by atoms with van der Waals surface area (Å²) in [4.78, 5) is 23.6. The highest BCUT2D eigenvalue weighted by molar-refractivity contribution is 6.41. The van der Waals surface area contributed by atoms with E-state index in [4.69, 9.17) is 0 Å². The Hall–Kier alpha value is -2.22. The molecule has 0 spiro atoms. The van der Waals surface area contributed by atoms with Gasteiger partial charge in [-0.1, -0.05) is 36.9 Å². The lowest BCUT2D eigenvalue weighted by atomic mass is 10.0. The summed E-state index contributed by atoms with van der Waals surface area (Å²) in [5.74, 6) is -0.484. The van der Waals surface area contributed by atoms with E-state index in [0.717, 1.165) is 10.8 Å². The SMILES string of the molecule is C=C1C(=O)c2ccc3ccccc3c2C1=O. The molecule has 2 heteroatoms. The molecule has 2 aromatic rings. The summed E-state index contributed by atoms with van der Waals surface area (Å²) in [6, 6.07) is 11.1. The fraction of sp³-hybridized carbons (Fsp3) is 0. The molecule has 0 heterocycles. The molecule has 0 amide bonds. The van der Waals surface area contributed by atoms with E-state index in [1.54, 1.807) is 6.07 Å². The van der Waals surface area contributed by atoms with Crippen LogP contribution in [0.15, 0.2) is 48.6 Å². The van der Waals surface area contributed by atoms with Crippen LogP contribution in [0.1, 0.15) is 20.7 Å². The summed E-state index contributed by atoms with van der Waals surface area (Å²) in [7, 11) is 0. The molecular weight excluding hydrogens is 200 g/mol. The van der Waals surface area contributed by atoms with Gasteiger partial charge in [0.25, 0.3) is 0 Å². The lowest BCUT2D eigenvalue weighted by Gasteiger charge is -2.01.